The molecule has 0 saturated heterocycles. The van der Waals surface area contributed by atoms with E-state index in [0.29, 0.717) is 11.4 Å². The number of ether oxygens (including phenoxy) is 1. The number of pyridine rings is 1. The van der Waals surface area contributed by atoms with E-state index in [0.717, 1.165) is 21.6 Å². The topological polar surface area (TPSA) is 57.9 Å². The van der Waals surface area contributed by atoms with E-state index < -0.39 is 0 Å². The van der Waals surface area contributed by atoms with Gasteiger partial charge in [0.15, 0.2) is 0 Å². The molecule has 19 heavy (non-hydrogen) atoms. The summed E-state index contributed by atoms with van der Waals surface area (Å²) < 4.78 is 6.01. The van der Waals surface area contributed by atoms with Crippen LogP contribution in [0.5, 0.6) is 5.75 Å². The number of aromatic nitrogens is 1. The predicted octanol–water partition coefficient (Wildman–Crippen LogP) is 3.78. The van der Waals surface area contributed by atoms with Crippen LogP contribution in [0.4, 0.5) is 11.5 Å². The zero-order valence-electron chi connectivity index (χ0n) is 10.6. The minimum Gasteiger partial charge on any atom is -0.496 e. The fourth-order valence-corrected chi connectivity index (χ4v) is 2.16. The number of anilines is 2. The minimum absolute atomic E-state index is 0.512. The van der Waals surface area contributed by atoms with Crippen molar-refractivity contribution in [3.8, 4) is 11.8 Å². The van der Waals surface area contributed by atoms with Gasteiger partial charge in [0, 0.05) is 11.4 Å². The monoisotopic (exact) mass is 317 g/mol. The van der Waals surface area contributed by atoms with Crippen LogP contribution in [0.1, 0.15) is 11.3 Å². The van der Waals surface area contributed by atoms with Crippen molar-refractivity contribution in [2.45, 2.75) is 6.92 Å². The summed E-state index contributed by atoms with van der Waals surface area (Å²) in [6.45, 7) is 1.89. The molecule has 0 aliphatic heterocycles. The highest BCUT2D eigenvalue weighted by molar-refractivity contribution is 9.10. The van der Waals surface area contributed by atoms with Gasteiger partial charge in [-0.2, -0.15) is 5.26 Å². The van der Waals surface area contributed by atoms with Crippen molar-refractivity contribution >= 4 is 27.4 Å². The summed E-state index contributed by atoms with van der Waals surface area (Å²) in [7, 11) is 1.61. The van der Waals surface area contributed by atoms with Crippen molar-refractivity contribution in [1.29, 1.82) is 5.26 Å². The van der Waals surface area contributed by atoms with Crippen LogP contribution < -0.4 is 10.1 Å². The number of nitriles is 1. The van der Waals surface area contributed by atoms with Crippen molar-refractivity contribution in [2.75, 3.05) is 12.4 Å². The van der Waals surface area contributed by atoms with E-state index in [1.54, 1.807) is 13.2 Å². The Morgan fingerprint density at radius 1 is 1.32 bits per heavy atom. The minimum atomic E-state index is 0.512. The normalized spacial score (nSPS) is 9.79. The van der Waals surface area contributed by atoms with Crippen molar-refractivity contribution < 1.29 is 4.74 Å². The molecular formula is C14H12BrN3O. The fourth-order valence-electron chi connectivity index (χ4n) is 1.62. The molecule has 0 fully saturated rings. The van der Waals surface area contributed by atoms with Crippen molar-refractivity contribution in [1.82, 2.24) is 4.98 Å². The molecule has 0 spiro atoms. The smallest absolute Gasteiger partial charge is 0.148 e. The second-order valence-electron chi connectivity index (χ2n) is 3.93. The van der Waals surface area contributed by atoms with E-state index in [2.05, 4.69) is 32.3 Å². The number of aryl methyl sites for hydroxylation is 1. The molecule has 0 radical (unpaired) electrons. The lowest BCUT2D eigenvalue weighted by Gasteiger charge is -2.10. The molecule has 0 atom stereocenters. The summed E-state index contributed by atoms with van der Waals surface area (Å²) in [5.41, 5.74) is 2.20. The quantitative estimate of drug-likeness (QED) is 0.936. The van der Waals surface area contributed by atoms with Crippen LogP contribution in [0, 0.1) is 18.3 Å². The van der Waals surface area contributed by atoms with E-state index in [1.807, 2.05) is 31.2 Å². The van der Waals surface area contributed by atoms with Gasteiger partial charge >= 0.3 is 0 Å². The Labute approximate surface area is 120 Å². The Morgan fingerprint density at radius 3 is 2.74 bits per heavy atom. The van der Waals surface area contributed by atoms with Gasteiger partial charge in [-0.3, -0.25) is 0 Å². The number of rotatable bonds is 3. The van der Waals surface area contributed by atoms with E-state index >= 15 is 0 Å². The summed E-state index contributed by atoms with van der Waals surface area (Å²) in [5.74, 6) is 1.31. The van der Waals surface area contributed by atoms with Crippen LogP contribution >= 0.6 is 15.9 Å². The molecular weight excluding hydrogens is 306 g/mol. The molecule has 0 aliphatic rings. The molecule has 1 heterocycles. The van der Waals surface area contributed by atoms with Crippen LogP contribution in [0.2, 0.25) is 0 Å². The molecule has 0 saturated carbocycles. The van der Waals surface area contributed by atoms with Gasteiger partial charge in [0.2, 0.25) is 0 Å². The summed E-state index contributed by atoms with van der Waals surface area (Å²) in [6, 6.07) is 11.3. The van der Waals surface area contributed by atoms with Gasteiger partial charge in [0.1, 0.15) is 17.6 Å². The van der Waals surface area contributed by atoms with Gasteiger partial charge in [-0.25, -0.2) is 4.98 Å². The third-order valence-corrected chi connectivity index (χ3v) is 3.19. The summed E-state index contributed by atoms with van der Waals surface area (Å²) in [5, 5.41) is 12.2. The largest absolute Gasteiger partial charge is 0.496 e. The molecule has 0 amide bonds. The van der Waals surface area contributed by atoms with Crippen molar-refractivity contribution in [3.05, 3.63) is 46.1 Å². The Balaban J connectivity index is 2.34. The van der Waals surface area contributed by atoms with Crippen LogP contribution in [0.3, 0.4) is 0 Å². The second kappa shape index (κ2) is 5.72. The zero-order chi connectivity index (χ0) is 13.8. The average Bonchev–Trinajstić information content (AvgIpc) is 2.39. The summed E-state index contributed by atoms with van der Waals surface area (Å²) >= 11 is 3.42. The molecule has 5 heteroatoms. The van der Waals surface area contributed by atoms with Crippen LogP contribution in [-0.2, 0) is 0 Å². The van der Waals surface area contributed by atoms with Crippen LogP contribution in [0.25, 0.3) is 0 Å². The highest BCUT2D eigenvalue weighted by atomic mass is 79.9. The Kier molecular flexibility index (Phi) is 4.03. The number of hydrogen-bond donors (Lipinski definition) is 1. The Bertz CT molecular complexity index is 650. The van der Waals surface area contributed by atoms with Gasteiger partial charge in [0.25, 0.3) is 0 Å². The third kappa shape index (κ3) is 3.04. The van der Waals surface area contributed by atoms with Gasteiger partial charge in [-0.15, -0.1) is 0 Å². The lowest BCUT2D eigenvalue weighted by atomic mass is 10.2. The number of nitrogens with one attached hydrogen (secondary N) is 1. The van der Waals surface area contributed by atoms with E-state index in [9.17, 15) is 0 Å². The zero-order valence-corrected chi connectivity index (χ0v) is 12.2. The van der Waals surface area contributed by atoms with Crippen LogP contribution in [0.15, 0.2) is 34.8 Å². The molecule has 0 aliphatic carbocycles. The standard InChI is InChI=1S/C14H12BrN3O/c1-9-3-4-10(8-16)14(17-9)18-11-5-6-13(19-2)12(15)7-11/h3-7H,1-2H3,(H,17,18). The highest BCUT2D eigenvalue weighted by Gasteiger charge is 2.06. The van der Waals surface area contributed by atoms with Crippen molar-refractivity contribution in [2.24, 2.45) is 0 Å². The molecule has 96 valence electrons. The molecule has 1 aromatic carbocycles. The Morgan fingerprint density at radius 2 is 2.11 bits per heavy atom. The third-order valence-electron chi connectivity index (χ3n) is 2.57. The van der Waals surface area contributed by atoms with Gasteiger partial charge in [-0.05, 0) is 53.2 Å². The molecule has 0 unspecified atom stereocenters. The SMILES string of the molecule is COc1ccc(Nc2nc(C)ccc2C#N)cc1Br. The van der Waals surface area contributed by atoms with Gasteiger partial charge in [-0.1, -0.05) is 0 Å². The van der Waals surface area contributed by atoms with Gasteiger partial charge in [0.05, 0.1) is 17.1 Å². The number of benzene rings is 1. The number of nitrogens with zero attached hydrogens (tertiary/aromatic N) is 2. The molecule has 4 nitrogen and oxygen atoms in total. The first-order valence-electron chi connectivity index (χ1n) is 5.62. The lowest BCUT2D eigenvalue weighted by Crippen LogP contribution is -1.98. The van der Waals surface area contributed by atoms with Gasteiger partial charge < -0.3 is 10.1 Å². The van der Waals surface area contributed by atoms with E-state index in [1.165, 1.54) is 0 Å². The first-order valence-corrected chi connectivity index (χ1v) is 6.41. The molecule has 1 N–H and O–H groups in total. The molecule has 2 aromatic rings. The predicted molar refractivity (Wildman–Crippen MR) is 77.7 cm³/mol. The lowest BCUT2D eigenvalue weighted by molar-refractivity contribution is 0.412. The summed E-state index contributed by atoms with van der Waals surface area (Å²) in [6.07, 6.45) is 0. The second-order valence-corrected chi connectivity index (χ2v) is 4.79. The summed E-state index contributed by atoms with van der Waals surface area (Å²) in [4.78, 5) is 4.33. The Hall–Kier alpha value is -2.06. The maximum Gasteiger partial charge on any atom is 0.148 e. The average molecular weight is 318 g/mol. The molecule has 0 bridgehead atoms. The first-order chi connectivity index (χ1) is 9.13. The van der Waals surface area contributed by atoms with Crippen molar-refractivity contribution in [3.63, 3.8) is 0 Å². The fraction of sp³-hybridized carbons (Fsp3) is 0.143. The molecule has 2 rings (SSSR count). The maximum atomic E-state index is 9.06. The number of halogens is 1. The van der Waals surface area contributed by atoms with E-state index in [-0.39, 0.29) is 0 Å². The number of hydrogen-bond acceptors (Lipinski definition) is 4. The van der Waals surface area contributed by atoms with Crippen LogP contribution in [-0.4, -0.2) is 12.1 Å². The first kappa shape index (κ1) is 13.4. The molecule has 1 aromatic heterocycles. The van der Waals surface area contributed by atoms with E-state index in [4.69, 9.17) is 10.00 Å². The maximum absolute atomic E-state index is 9.06. The highest BCUT2D eigenvalue weighted by Crippen LogP contribution is 2.29. The number of methoxy groups -OCH3 is 1.